The summed E-state index contributed by atoms with van der Waals surface area (Å²) in [5, 5.41) is 11.2. The zero-order chi connectivity index (χ0) is 18.6. The Morgan fingerprint density at radius 1 is 1.32 bits per heavy atom. The first-order valence-electron chi connectivity index (χ1n) is 7.50. The van der Waals surface area contributed by atoms with Gasteiger partial charge in [-0.05, 0) is 18.6 Å². The Morgan fingerprint density at radius 2 is 2.00 bits per heavy atom. The Balaban J connectivity index is 2.13. The number of rotatable bonds is 7. The van der Waals surface area contributed by atoms with E-state index in [1.54, 1.807) is 36.9 Å². The van der Waals surface area contributed by atoms with Gasteiger partial charge in [0.15, 0.2) is 4.34 Å². The standard InChI is InChI=1S/C15H20N4O3S3/c1-10(2)23-15-18-17-14(24-15)16-13(20)9-19(25(4,21)22)12-8-6-5-7-11(12)3/h5-8,10H,9H2,1-4H3,(H,16,17,20). The normalized spacial score (nSPS) is 11.6. The molecule has 0 bridgehead atoms. The van der Waals surface area contributed by atoms with E-state index in [9.17, 15) is 13.2 Å². The fourth-order valence-corrected chi connectivity index (χ4v) is 4.93. The van der Waals surface area contributed by atoms with Crippen LogP contribution >= 0.6 is 23.1 Å². The third-order valence-electron chi connectivity index (χ3n) is 3.06. The summed E-state index contributed by atoms with van der Waals surface area (Å²) in [6, 6.07) is 7.02. The van der Waals surface area contributed by atoms with Crippen LogP contribution in [0.25, 0.3) is 0 Å². The van der Waals surface area contributed by atoms with Gasteiger partial charge < -0.3 is 0 Å². The van der Waals surface area contributed by atoms with Crippen LogP contribution in [0.5, 0.6) is 0 Å². The molecule has 1 amide bonds. The molecule has 2 rings (SSSR count). The van der Waals surface area contributed by atoms with Crippen LogP contribution in [0.1, 0.15) is 19.4 Å². The zero-order valence-electron chi connectivity index (χ0n) is 14.4. The molecule has 0 aliphatic carbocycles. The number of aromatic nitrogens is 2. The predicted molar refractivity (Wildman–Crippen MR) is 103 cm³/mol. The number of thioether (sulfide) groups is 1. The summed E-state index contributed by atoms with van der Waals surface area (Å²) in [6.45, 7) is 5.55. The van der Waals surface area contributed by atoms with Crippen molar-refractivity contribution in [1.29, 1.82) is 0 Å². The first-order valence-corrected chi connectivity index (χ1v) is 11.0. The van der Waals surface area contributed by atoms with E-state index in [-0.39, 0.29) is 6.54 Å². The largest absolute Gasteiger partial charge is 0.299 e. The monoisotopic (exact) mass is 400 g/mol. The van der Waals surface area contributed by atoms with Crippen LogP contribution in [0.15, 0.2) is 28.6 Å². The smallest absolute Gasteiger partial charge is 0.246 e. The van der Waals surface area contributed by atoms with Gasteiger partial charge in [-0.2, -0.15) is 0 Å². The molecule has 1 N–H and O–H groups in total. The molecule has 136 valence electrons. The number of carbonyl (C=O) groups excluding carboxylic acids is 1. The van der Waals surface area contributed by atoms with Crippen molar-refractivity contribution in [2.24, 2.45) is 0 Å². The average molecular weight is 401 g/mol. The maximum atomic E-state index is 12.3. The van der Waals surface area contributed by atoms with Crippen molar-refractivity contribution in [2.45, 2.75) is 30.4 Å². The highest BCUT2D eigenvalue weighted by Crippen LogP contribution is 2.28. The quantitative estimate of drug-likeness (QED) is 0.567. The van der Waals surface area contributed by atoms with Crippen LogP contribution in [-0.2, 0) is 14.8 Å². The molecule has 0 spiro atoms. The summed E-state index contributed by atoms with van der Waals surface area (Å²) in [5.41, 5.74) is 1.25. The second-order valence-electron chi connectivity index (χ2n) is 5.64. The Bertz CT molecular complexity index is 849. The maximum absolute atomic E-state index is 12.3. The SMILES string of the molecule is Cc1ccccc1N(CC(=O)Nc1nnc(SC(C)C)s1)S(C)(=O)=O. The molecule has 25 heavy (non-hydrogen) atoms. The first-order chi connectivity index (χ1) is 11.7. The van der Waals surface area contributed by atoms with Gasteiger partial charge in [0.25, 0.3) is 0 Å². The number of aryl methyl sites for hydroxylation is 1. The molecule has 0 atom stereocenters. The lowest BCUT2D eigenvalue weighted by atomic mass is 10.2. The van der Waals surface area contributed by atoms with Gasteiger partial charge in [-0.25, -0.2) is 8.42 Å². The second kappa shape index (κ2) is 8.15. The Hall–Kier alpha value is -1.65. The fraction of sp³-hybridized carbons (Fsp3) is 0.400. The minimum Gasteiger partial charge on any atom is -0.299 e. The van der Waals surface area contributed by atoms with Gasteiger partial charge in [-0.1, -0.05) is 55.1 Å². The molecule has 2 aromatic rings. The summed E-state index contributed by atoms with van der Waals surface area (Å²) >= 11 is 2.81. The number of sulfonamides is 1. The molecule has 1 heterocycles. The third kappa shape index (κ3) is 5.68. The lowest BCUT2D eigenvalue weighted by Crippen LogP contribution is -2.37. The topological polar surface area (TPSA) is 92.3 Å². The molecule has 0 fully saturated rings. The van der Waals surface area contributed by atoms with E-state index in [2.05, 4.69) is 15.5 Å². The fourth-order valence-electron chi connectivity index (χ4n) is 2.02. The molecule has 7 nitrogen and oxygen atoms in total. The van der Waals surface area contributed by atoms with E-state index in [4.69, 9.17) is 0 Å². The van der Waals surface area contributed by atoms with Crippen molar-refractivity contribution < 1.29 is 13.2 Å². The minimum absolute atomic E-state index is 0.323. The van der Waals surface area contributed by atoms with Crippen molar-refractivity contribution >= 4 is 49.8 Å². The number of anilines is 2. The highest BCUT2D eigenvalue weighted by molar-refractivity contribution is 8.01. The van der Waals surface area contributed by atoms with Crippen molar-refractivity contribution in [1.82, 2.24) is 10.2 Å². The summed E-state index contributed by atoms with van der Waals surface area (Å²) in [7, 11) is -3.60. The van der Waals surface area contributed by atoms with E-state index in [0.717, 1.165) is 20.5 Å². The molecule has 0 saturated heterocycles. The van der Waals surface area contributed by atoms with Gasteiger partial charge in [0.2, 0.25) is 21.1 Å². The number of nitrogens with one attached hydrogen (secondary N) is 1. The van der Waals surface area contributed by atoms with Crippen LogP contribution in [0, 0.1) is 6.92 Å². The number of hydrogen-bond acceptors (Lipinski definition) is 7. The van der Waals surface area contributed by atoms with Gasteiger partial charge in [0.05, 0.1) is 11.9 Å². The average Bonchev–Trinajstić information content (AvgIpc) is 2.90. The zero-order valence-corrected chi connectivity index (χ0v) is 16.8. The van der Waals surface area contributed by atoms with E-state index in [0.29, 0.717) is 16.1 Å². The second-order valence-corrected chi connectivity index (χ2v) is 10.4. The number of hydrogen-bond donors (Lipinski definition) is 1. The molecule has 0 unspecified atom stereocenters. The molecular weight excluding hydrogens is 380 g/mol. The highest BCUT2D eigenvalue weighted by Gasteiger charge is 2.22. The number of carbonyl (C=O) groups is 1. The van der Waals surface area contributed by atoms with Crippen molar-refractivity contribution in [2.75, 3.05) is 22.4 Å². The Kier molecular flexibility index (Phi) is 6.42. The maximum Gasteiger partial charge on any atom is 0.246 e. The van der Waals surface area contributed by atoms with Crippen molar-refractivity contribution in [3.05, 3.63) is 29.8 Å². The molecule has 0 aliphatic heterocycles. The number of amides is 1. The molecule has 0 saturated carbocycles. The van der Waals surface area contributed by atoms with Crippen LogP contribution in [0.3, 0.4) is 0 Å². The van der Waals surface area contributed by atoms with Gasteiger partial charge in [-0.3, -0.25) is 14.4 Å². The summed E-state index contributed by atoms with van der Waals surface area (Å²) in [5.74, 6) is -0.467. The third-order valence-corrected chi connectivity index (χ3v) is 6.11. The Labute approximate surface area is 155 Å². The van der Waals surface area contributed by atoms with Gasteiger partial charge in [0.1, 0.15) is 6.54 Å². The molecule has 0 radical (unpaired) electrons. The molecule has 1 aromatic carbocycles. The number of para-hydroxylation sites is 1. The summed E-state index contributed by atoms with van der Waals surface area (Å²) in [6.07, 6.45) is 1.08. The minimum atomic E-state index is -3.60. The van der Waals surface area contributed by atoms with E-state index >= 15 is 0 Å². The molecule has 0 aliphatic rings. The van der Waals surface area contributed by atoms with Gasteiger partial charge in [0, 0.05) is 5.25 Å². The summed E-state index contributed by atoms with van der Waals surface area (Å²) in [4.78, 5) is 12.3. The van der Waals surface area contributed by atoms with Crippen LogP contribution in [-0.4, -0.2) is 42.6 Å². The lowest BCUT2D eigenvalue weighted by Gasteiger charge is -2.23. The molecular formula is C15H20N4O3S3. The summed E-state index contributed by atoms with van der Waals surface area (Å²) < 4.78 is 26.1. The molecule has 1 aromatic heterocycles. The van der Waals surface area contributed by atoms with E-state index in [1.807, 2.05) is 19.9 Å². The number of benzene rings is 1. The molecule has 10 heteroatoms. The predicted octanol–water partition coefficient (Wildman–Crippen LogP) is 2.75. The van der Waals surface area contributed by atoms with Crippen LogP contribution < -0.4 is 9.62 Å². The highest BCUT2D eigenvalue weighted by atomic mass is 32.2. The Morgan fingerprint density at radius 3 is 2.60 bits per heavy atom. The van der Waals surface area contributed by atoms with Crippen molar-refractivity contribution in [3.8, 4) is 0 Å². The first kappa shape index (κ1) is 19.7. The van der Waals surface area contributed by atoms with Gasteiger partial charge in [-0.15, -0.1) is 10.2 Å². The number of nitrogens with zero attached hydrogens (tertiary/aromatic N) is 3. The van der Waals surface area contributed by atoms with Crippen molar-refractivity contribution in [3.63, 3.8) is 0 Å². The van der Waals surface area contributed by atoms with E-state index in [1.165, 1.54) is 11.3 Å². The van der Waals surface area contributed by atoms with E-state index < -0.39 is 15.9 Å². The van der Waals surface area contributed by atoms with Gasteiger partial charge >= 0.3 is 0 Å². The lowest BCUT2D eigenvalue weighted by molar-refractivity contribution is -0.114. The van der Waals surface area contributed by atoms with Crippen LogP contribution in [0.4, 0.5) is 10.8 Å². The van der Waals surface area contributed by atoms with Crippen LogP contribution in [0.2, 0.25) is 0 Å².